The van der Waals surface area contributed by atoms with Crippen LogP contribution in [0.15, 0.2) is 18.5 Å². The number of nitrogens with one attached hydrogen (secondary N) is 3. The Morgan fingerprint density at radius 1 is 1.33 bits per heavy atom. The molecule has 0 aliphatic heterocycles. The molecule has 0 aromatic carbocycles. The molecule has 0 radical (unpaired) electrons. The molecule has 7 heteroatoms. The Morgan fingerprint density at radius 2 is 2.11 bits per heavy atom. The van der Waals surface area contributed by atoms with Crippen LogP contribution in [0, 0.1) is 6.92 Å². The molecule has 1 rings (SSSR count). The third-order valence-electron chi connectivity index (χ3n) is 2.15. The molecule has 98 valence electrons. The van der Waals surface area contributed by atoms with E-state index in [1.807, 2.05) is 13.0 Å². The molecule has 2 amide bonds. The van der Waals surface area contributed by atoms with Gasteiger partial charge in [-0.1, -0.05) is 0 Å². The van der Waals surface area contributed by atoms with Crippen molar-refractivity contribution in [1.29, 1.82) is 0 Å². The number of aliphatic carboxylic acids is 1. The van der Waals surface area contributed by atoms with Crippen molar-refractivity contribution in [2.24, 2.45) is 0 Å². The van der Waals surface area contributed by atoms with Crippen LogP contribution in [0.4, 0.5) is 10.5 Å². The lowest BCUT2D eigenvalue weighted by atomic mass is 10.2. The highest BCUT2D eigenvalue weighted by Crippen LogP contribution is 2.10. The summed E-state index contributed by atoms with van der Waals surface area (Å²) in [7, 11) is 0. The van der Waals surface area contributed by atoms with Crippen molar-refractivity contribution in [3.05, 3.63) is 24.0 Å². The van der Waals surface area contributed by atoms with Gasteiger partial charge in [0.15, 0.2) is 0 Å². The van der Waals surface area contributed by atoms with Gasteiger partial charge in [0, 0.05) is 31.2 Å². The third kappa shape index (κ3) is 5.15. The fourth-order valence-electron chi connectivity index (χ4n) is 1.26. The number of carboxylic acid groups (broad SMARTS) is 1. The molecule has 18 heavy (non-hydrogen) atoms. The smallest absolute Gasteiger partial charge is 0.323 e. The Balaban J connectivity index is 2.17. The second kappa shape index (κ2) is 7.10. The summed E-state index contributed by atoms with van der Waals surface area (Å²) < 4.78 is 0. The van der Waals surface area contributed by atoms with Crippen LogP contribution in [0.2, 0.25) is 0 Å². The molecule has 1 aromatic heterocycles. The standard InChI is InChI=1S/C11H16N4O3/c1-8-6-12-3-2-9(8)13-4-5-14-11(18)15-7-10(16)17/h2-3,6H,4-5,7H2,1H3,(H,12,13)(H,16,17)(H2,14,15,18). The zero-order valence-electron chi connectivity index (χ0n) is 10.1. The van der Waals surface area contributed by atoms with Crippen molar-refractivity contribution >= 4 is 17.7 Å². The van der Waals surface area contributed by atoms with Crippen molar-refractivity contribution in [3.63, 3.8) is 0 Å². The van der Waals surface area contributed by atoms with E-state index in [4.69, 9.17) is 5.11 Å². The van der Waals surface area contributed by atoms with E-state index in [0.29, 0.717) is 13.1 Å². The van der Waals surface area contributed by atoms with E-state index in [0.717, 1.165) is 11.3 Å². The number of rotatable bonds is 6. The monoisotopic (exact) mass is 252 g/mol. The van der Waals surface area contributed by atoms with Crippen LogP contribution in [0.25, 0.3) is 0 Å². The van der Waals surface area contributed by atoms with Crippen molar-refractivity contribution in [1.82, 2.24) is 15.6 Å². The number of hydrogen-bond acceptors (Lipinski definition) is 4. The van der Waals surface area contributed by atoms with Gasteiger partial charge in [-0.05, 0) is 18.6 Å². The number of nitrogens with zero attached hydrogens (tertiary/aromatic N) is 1. The largest absolute Gasteiger partial charge is 0.480 e. The van der Waals surface area contributed by atoms with Gasteiger partial charge in [-0.2, -0.15) is 0 Å². The van der Waals surface area contributed by atoms with E-state index < -0.39 is 12.0 Å². The Labute approximate surface area is 105 Å². The second-order valence-corrected chi connectivity index (χ2v) is 3.62. The van der Waals surface area contributed by atoms with Crippen molar-refractivity contribution in [2.75, 3.05) is 25.0 Å². The Kier molecular flexibility index (Phi) is 5.43. The van der Waals surface area contributed by atoms with Crippen LogP contribution < -0.4 is 16.0 Å². The topological polar surface area (TPSA) is 103 Å². The lowest BCUT2D eigenvalue weighted by molar-refractivity contribution is -0.135. The first-order chi connectivity index (χ1) is 8.59. The minimum absolute atomic E-state index is 0.386. The third-order valence-corrected chi connectivity index (χ3v) is 2.15. The maximum absolute atomic E-state index is 11.1. The Hall–Kier alpha value is -2.31. The van der Waals surface area contributed by atoms with Gasteiger partial charge in [0.1, 0.15) is 6.54 Å². The summed E-state index contributed by atoms with van der Waals surface area (Å²) in [6.45, 7) is 2.49. The number of carboxylic acids is 1. The summed E-state index contributed by atoms with van der Waals surface area (Å²) >= 11 is 0. The molecular formula is C11H16N4O3. The normalized spacial score (nSPS) is 9.61. The lowest BCUT2D eigenvalue weighted by Gasteiger charge is -2.09. The van der Waals surface area contributed by atoms with Crippen molar-refractivity contribution in [3.8, 4) is 0 Å². The molecule has 0 atom stereocenters. The molecule has 0 aliphatic rings. The summed E-state index contributed by atoms with van der Waals surface area (Å²) in [5.74, 6) is -1.07. The van der Waals surface area contributed by atoms with E-state index in [9.17, 15) is 9.59 Å². The number of hydrogen-bond donors (Lipinski definition) is 4. The number of carbonyl (C=O) groups excluding carboxylic acids is 1. The van der Waals surface area contributed by atoms with Gasteiger partial charge in [-0.15, -0.1) is 0 Å². The molecule has 1 heterocycles. The van der Waals surface area contributed by atoms with Crippen LogP contribution >= 0.6 is 0 Å². The minimum Gasteiger partial charge on any atom is -0.480 e. The molecule has 0 bridgehead atoms. The van der Waals surface area contributed by atoms with E-state index in [1.54, 1.807) is 12.4 Å². The summed E-state index contributed by atoms with van der Waals surface area (Å²) in [6.07, 6.45) is 3.43. The maximum atomic E-state index is 11.1. The molecule has 0 spiro atoms. The van der Waals surface area contributed by atoms with Crippen LogP contribution in [-0.2, 0) is 4.79 Å². The molecule has 0 aliphatic carbocycles. The first-order valence-electron chi connectivity index (χ1n) is 5.47. The van der Waals surface area contributed by atoms with Crippen LogP contribution in [0.5, 0.6) is 0 Å². The first kappa shape index (κ1) is 13.8. The number of aryl methyl sites for hydroxylation is 1. The quantitative estimate of drug-likeness (QED) is 0.541. The van der Waals surface area contributed by atoms with Gasteiger partial charge in [0.05, 0.1) is 0 Å². The fourth-order valence-corrected chi connectivity index (χ4v) is 1.26. The van der Waals surface area contributed by atoms with E-state index in [2.05, 4.69) is 20.9 Å². The summed E-state index contributed by atoms with van der Waals surface area (Å²) in [4.78, 5) is 25.3. The number of urea groups is 1. The van der Waals surface area contributed by atoms with E-state index in [-0.39, 0.29) is 6.54 Å². The summed E-state index contributed by atoms with van der Waals surface area (Å²) in [5.41, 5.74) is 1.98. The number of aromatic nitrogens is 1. The zero-order valence-corrected chi connectivity index (χ0v) is 10.1. The van der Waals surface area contributed by atoms with E-state index in [1.165, 1.54) is 0 Å². The van der Waals surface area contributed by atoms with Gasteiger partial charge < -0.3 is 21.1 Å². The van der Waals surface area contributed by atoms with E-state index >= 15 is 0 Å². The van der Waals surface area contributed by atoms with Crippen LogP contribution in [0.3, 0.4) is 0 Å². The molecule has 4 N–H and O–H groups in total. The predicted octanol–water partition coefficient (Wildman–Crippen LogP) is 0.186. The highest BCUT2D eigenvalue weighted by atomic mass is 16.4. The van der Waals surface area contributed by atoms with Crippen molar-refractivity contribution in [2.45, 2.75) is 6.92 Å². The number of carbonyl (C=O) groups is 2. The Bertz CT molecular complexity index is 423. The highest BCUT2D eigenvalue weighted by molar-refractivity contribution is 5.79. The molecule has 1 aromatic rings. The number of pyridine rings is 1. The molecule has 7 nitrogen and oxygen atoms in total. The van der Waals surface area contributed by atoms with Gasteiger partial charge in [-0.25, -0.2) is 4.79 Å². The first-order valence-corrected chi connectivity index (χ1v) is 5.47. The molecular weight excluding hydrogens is 236 g/mol. The minimum atomic E-state index is -1.07. The average Bonchev–Trinajstić information content (AvgIpc) is 2.34. The molecule has 0 unspecified atom stereocenters. The second-order valence-electron chi connectivity index (χ2n) is 3.62. The predicted molar refractivity (Wildman–Crippen MR) is 66.5 cm³/mol. The number of anilines is 1. The molecule has 0 fully saturated rings. The Morgan fingerprint density at radius 3 is 2.78 bits per heavy atom. The van der Waals surface area contributed by atoms with Crippen LogP contribution in [-0.4, -0.2) is 41.7 Å². The van der Waals surface area contributed by atoms with Crippen molar-refractivity contribution < 1.29 is 14.7 Å². The zero-order chi connectivity index (χ0) is 13.4. The summed E-state index contributed by atoms with van der Waals surface area (Å²) in [6, 6.07) is 1.35. The highest BCUT2D eigenvalue weighted by Gasteiger charge is 2.02. The van der Waals surface area contributed by atoms with Gasteiger partial charge >= 0.3 is 12.0 Å². The van der Waals surface area contributed by atoms with Gasteiger partial charge in [-0.3, -0.25) is 9.78 Å². The van der Waals surface area contributed by atoms with Gasteiger partial charge in [0.2, 0.25) is 0 Å². The maximum Gasteiger partial charge on any atom is 0.323 e. The lowest BCUT2D eigenvalue weighted by Crippen LogP contribution is -2.40. The molecule has 0 saturated heterocycles. The van der Waals surface area contributed by atoms with Crippen LogP contribution in [0.1, 0.15) is 5.56 Å². The summed E-state index contributed by atoms with van der Waals surface area (Å²) in [5, 5.41) is 16.2. The number of amides is 2. The fraction of sp³-hybridized carbons (Fsp3) is 0.364. The molecule has 0 saturated carbocycles. The average molecular weight is 252 g/mol. The SMILES string of the molecule is Cc1cnccc1NCCNC(=O)NCC(=O)O. The van der Waals surface area contributed by atoms with Gasteiger partial charge in [0.25, 0.3) is 0 Å².